The van der Waals surface area contributed by atoms with Crippen LogP contribution in [0.25, 0.3) is 6.08 Å². The molecule has 0 aromatic carbocycles. The molecule has 1 aromatic heterocycles. The van der Waals surface area contributed by atoms with Crippen LogP contribution in [0.1, 0.15) is 23.0 Å². The first-order chi connectivity index (χ1) is 8.25. The SMILES string of the molecule is COc1ccc(C(C)=O)c(C=C(N)C(F)(F)F)n1. The Morgan fingerprint density at radius 2 is 2.06 bits per heavy atom. The third kappa shape index (κ3) is 3.22. The number of rotatable bonds is 3. The zero-order valence-corrected chi connectivity index (χ0v) is 9.71. The summed E-state index contributed by atoms with van der Waals surface area (Å²) in [4.78, 5) is 15.0. The van der Waals surface area contributed by atoms with Crippen molar-refractivity contribution in [2.24, 2.45) is 5.73 Å². The van der Waals surface area contributed by atoms with Crippen LogP contribution in [0.2, 0.25) is 0 Å². The molecule has 0 unspecified atom stereocenters. The summed E-state index contributed by atoms with van der Waals surface area (Å²) in [7, 11) is 1.32. The molecule has 18 heavy (non-hydrogen) atoms. The fraction of sp³-hybridized carbons (Fsp3) is 0.273. The van der Waals surface area contributed by atoms with Crippen LogP contribution in [0.3, 0.4) is 0 Å². The summed E-state index contributed by atoms with van der Waals surface area (Å²) in [5, 5.41) is 0. The molecule has 0 aliphatic carbocycles. The number of hydrogen-bond donors (Lipinski definition) is 1. The van der Waals surface area contributed by atoms with Gasteiger partial charge in [0, 0.05) is 11.6 Å². The highest BCUT2D eigenvalue weighted by molar-refractivity contribution is 5.97. The van der Waals surface area contributed by atoms with Gasteiger partial charge in [-0.25, -0.2) is 4.98 Å². The van der Waals surface area contributed by atoms with Crippen molar-refractivity contribution in [1.29, 1.82) is 0 Å². The van der Waals surface area contributed by atoms with Crippen molar-refractivity contribution in [3.05, 3.63) is 29.1 Å². The number of methoxy groups -OCH3 is 1. The van der Waals surface area contributed by atoms with E-state index in [1.807, 2.05) is 0 Å². The highest BCUT2D eigenvalue weighted by Crippen LogP contribution is 2.24. The number of nitrogens with zero attached hydrogens (tertiary/aromatic N) is 1. The minimum atomic E-state index is -4.67. The highest BCUT2D eigenvalue weighted by atomic mass is 19.4. The Balaban J connectivity index is 3.33. The van der Waals surface area contributed by atoms with Crippen molar-refractivity contribution in [1.82, 2.24) is 4.98 Å². The first-order valence-corrected chi connectivity index (χ1v) is 4.86. The lowest BCUT2D eigenvalue weighted by Gasteiger charge is -2.08. The molecular weight excluding hydrogens is 249 g/mol. The van der Waals surface area contributed by atoms with Gasteiger partial charge in [-0.15, -0.1) is 0 Å². The fourth-order valence-corrected chi connectivity index (χ4v) is 1.21. The number of alkyl halides is 3. The molecular formula is C11H11F3N2O2. The van der Waals surface area contributed by atoms with E-state index >= 15 is 0 Å². The fourth-order valence-electron chi connectivity index (χ4n) is 1.21. The molecule has 7 heteroatoms. The van der Waals surface area contributed by atoms with E-state index in [9.17, 15) is 18.0 Å². The monoisotopic (exact) mass is 260 g/mol. The molecule has 0 spiro atoms. The number of hydrogen-bond acceptors (Lipinski definition) is 4. The van der Waals surface area contributed by atoms with E-state index in [0.717, 1.165) is 0 Å². The zero-order valence-electron chi connectivity index (χ0n) is 9.71. The Morgan fingerprint density at radius 1 is 1.44 bits per heavy atom. The van der Waals surface area contributed by atoms with E-state index in [4.69, 9.17) is 10.5 Å². The van der Waals surface area contributed by atoms with Gasteiger partial charge in [0.15, 0.2) is 5.78 Å². The molecule has 1 aromatic rings. The first kappa shape index (κ1) is 14.0. The van der Waals surface area contributed by atoms with E-state index < -0.39 is 17.7 Å². The molecule has 0 atom stereocenters. The van der Waals surface area contributed by atoms with Crippen LogP contribution in [0.4, 0.5) is 13.2 Å². The molecule has 98 valence electrons. The summed E-state index contributed by atoms with van der Waals surface area (Å²) in [6, 6.07) is 2.72. The average Bonchev–Trinajstić information content (AvgIpc) is 2.27. The second-order valence-corrected chi connectivity index (χ2v) is 3.44. The molecule has 0 saturated heterocycles. The van der Waals surface area contributed by atoms with E-state index in [1.165, 1.54) is 26.2 Å². The van der Waals surface area contributed by atoms with Crippen LogP contribution in [-0.4, -0.2) is 24.1 Å². The highest BCUT2D eigenvalue weighted by Gasteiger charge is 2.31. The molecule has 0 aliphatic heterocycles. The van der Waals surface area contributed by atoms with Gasteiger partial charge in [-0.2, -0.15) is 13.2 Å². The van der Waals surface area contributed by atoms with Crippen LogP contribution in [0.15, 0.2) is 17.8 Å². The molecule has 0 fully saturated rings. The van der Waals surface area contributed by atoms with Crippen molar-refractivity contribution in [3.8, 4) is 5.88 Å². The van der Waals surface area contributed by atoms with E-state index in [2.05, 4.69) is 4.98 Å². The summed E-state index contributed by atoms with van der Waals surface area (Å²) in [6.07, 6.45) is -4.06. The maximum atomic E-state index is 12.3. The number of allylic oxidation sites excluding steroid dienone is 1. The van der Waals surface area contributed by atoms with Gasteiger partial charge in [-0.05, 0) is 19.1 Å². The third-order valence-electron chi connectivity index (χ3n) is 2.11. The Kier molecular flexibility index (Phi) is 3.95. The van der Waals surface area contributed by atoms with E-state index in [1.54, 1.807) is 0 Å². The number of aromatic nitrogens is 1. The summed E-state index contributed by atoms with van der Waals surface area (Å²) in [5.74, 6) is -0.312. The van der Waals surface area contributed by atoms with Crippen molar-refractivity contribution in [2.75, 3.05) is 7.11 Å². The normalized spacial score (nSPS) is 12.4. The van der Waals surface area contributed by atoms with Crippen molar-refractivity contribution < 1.29 is 22.7 Å². The lowest BCUT2D eigenvalue weighted by molar-refractivity contribution is -0.0916. The summed E-state index contributed by atoms with van der Waals surface area (Å²) in [5.41, 5.74) is 3.43. The van der Waals surface area contributed by atoms with Gasteiger partial charge >= 0.3 is 6.18 Å². The van der Waals surface area contributed by atoms with Crippen molar-refractivity contribution >= 4 is 11.9 Å². The largest absolute Gasteiger partial charge is 0.481 e. The molecule has 0 amide bonds. The Labute approximate surface area is 101 Å². The van der Waals surface area contributed by atoms with Crippen molar-refractivity contribution in [3.63, 3.8) is 0 Å². The van der Waals surface area contributed by atoms with Gasteiger partial charge in [-0.3, -0.25) is 4.79 Å². The number of carbonyl (C=O) groups is 1. The predicted molar refractivity (Wildman–Crippen MR) is 59.0 cm³/mol. The number of ether oxygens (including phenoxy) is 1. The maximum Gasteiger partial charge on any atom is 0.430 e. The standard InChI is InChI=1S/C11H11F3N2O2/c1-6(17)7-3-4-10(18-2)16-8(7)5-9(15)11(12,13)14/h3-5H,15H2,1-2H3. The quantitative estimate of drug-likeness (QED) is 0.846. The minimum Gasteiger partial charge on any atom is -0.481 e. The van der Waals surface area contributed by atoms with Gasteiger partial charge < -0.3 is 10.5 Å². The molecule has 1 rings (SSSR count). The van der Waals surface area contributed by atoms with Crippen LogP contribution < -0.4 is 10.5 Å². The third-order valence-corrected chi connectivity index (χ3v) is 2.11. The molecule has 0 radical (unpaired) electrons. The number of nitrogens with two attached hydrogens (primary N) is 1. The van der Waals surface area contributed by atoms with Crippen LogP contribution in [0, 0.1) is 0 Å². The molecule has 0 saturated carbocycles. The first-order valence-electron chi connectivity index (χ1n) is 4.86. The van der Waals surface area contributed by atoms with Gasteiger partial charge in [0.1, 0.15) is 5.70 Å². The number of pyridine rings is 1. The molecule has 0 aliphatic rings. The smallest absolute Gasteiger partial charge is 0.430 e. The van der Waals surface area contributed by atoms with E-state index in [0.29, 0.717) is 6.08 Å². The summed E-state index contributed by atoms with van der Waals surface area (Å²) < 4.78 is 41.7. The second kappa shape index (κ2) is 5.07. The van der Waals surface area contributed by atoms with Gasteiger partial charge in [0.05, 0.1) is 12.8 Å². The molecule has 2 N–H and O–H groups in total. The van der Waals surface area contributed by atoms with E-state index in [-0.39, 0.29) is 17.1 Å². The molecule has 4 nitrogen and oxygen atoms in total. The number of ketones is 1. The molecule has 0 bridgehead atoms. The van der Waals surface area contributed by atoms with Crippen LogP contribution >= 0.6 is 0 Å². The Hall–Kier alpha value is -2.05. The topological polar surface area (TPSA) is 65.2 Å². The maximum absolute atomic E-state index is 12.3. The predicted octanol–water partition coefficient (Wildman–Crippen LogP) is 2.15. The number of halogens is 3. The zero-order chi connectivity index (χ0) is 13.9. The Morgan fingerprint density at radius 3 is 2.50 bits per heavy atom. The minimum absolute atomic E-state index is 0.0444. The van der Waals surface area contributed by atoms with Crippen LogP contribution in [0.5, 0.6) is 5.88 Å². The van der Waals surface area contributed by atoms with Crippen LogP contribution in [-0.2, 0) is 0 Å². The van der Waals surface area contributed by atoms with Gasteiger partial charge in [0.25, 0.3) is 0 Å². The second-order valence-electron chi connectivity index (χ2n) is 3.44. The lowest BCUT2D eigenvalue weighted by atomic mass is 10.1. The average molecular weight is 260 g/mol. The molecule has 1 heterocycles. The Bertz CT molecular complexity index is 496. The number of carbonyl (C=O) groups excluding carboxylic acids is 1. The van der Waals surface area contributed by atoms with Gasteiger partial charge in [-0.1, -0.05) is 0 Å². The number of Topliss-reactive ketones (excluding diaryl/α,β-unsaturated/α-hetero) is 1. The lowest BCUT2D eigenvalue weighted by Crippen LogP contribution is -2.19. The summed E-state index contributed by atoms with van der Waals surface area (Å²) >= 11 is 0. The summed E-state index contributed by atoms with van der Waals surface area (Å²) in [6.45, 7) is 1.23. The van der Waals surface area contributed by atoms with Gasteiger partial charge in [0.2, 0.25) is 5.88 Å². The van der Waals surface area contributed by atoms with Crippen molar-refractivity contribution in [2.45, 2.75) is 13.1 Å².